The average molecular weight is 356 g/mol. The van der Waals surface area contributed by atoms with Crippen LogP contribution in [0.3, 0.4) is 0 Å². The average Bonchev–Trinajstić information content (AvgIpc) is 2.65. The molecule has 1 aliphatic heterocycles. The minimum atomic E-state index is -0.522. The third kappa shape index (κ3) is 3.72. The Balaban J connectivity index is 1.62. The normalized spacial score (nSPS) is 15.7. The Morgan fingerprint density at radius 1 is 1.19 bits per heavy atom. The van der Waals surface area contributed by atoms with Gasteiger partial charge in [0.15, 0.2) is 12.7 Å². The van der Waals surface area contributed by atoms with E-state index in [4.69, 9.17) is 14.2 Å². The van der Waals surface area contributed by atoms with Crippen molar-refractivity contribution in [1.82, 2.24) is 0 Å². The summed E-state index contributed by atoms with van der Waals surface area (Å²) < 4.78 is 16.1. The Morgan fingerprint density at radius 3 is 2.58 bits per heavy atom. The van der Waals surface area contributed by atoms with E-state index in [1.807, 2.05) is 0 Å². The van der Waals surface area contributed by atoms with Gasteiger partial charge in [0.2, 0.25) is 0 Å². The van der Waals surface area contributed by atoms with Crippen molar-refractivity contribution >= 4 is 23.2 Å². The molecule has 2 amide bonds. The van der Waals surface area contributed by atoms with Gasteiger partial charge in [0.25, 0.3) is 11.8 Å². The molecule has 0 bridgehead atoms. The molecule has 0 saturated carbocycles. The second-order valence-electron chi connectivity index (χ2n) is 5.85. The molecule has 2 aromatic rings. The largest absolute Gasteiger partial charge is 0.497 e. The van der Waals surface area contributed by atoms with Gasteiger partial charge in [-0.3, -0.25) is 9.59 Å². The van der Waals surface area contributed by atoms with Gasteiger partial charge >= 0.3 is 0 Å². The Hall–Kier alpha value is -3.22. The second-order valence-corrected chi connectivity index (χ2v) is 5.85. The topological polar surface area (TPSA) is 77.1 Å². The van der Waals surface area contributed by atoms with Crippen LogP contribution < -0.4 is 24.4 Å². The van der Waals surface area contributed by atoms with Gasteiger partial charge in [-0.15, -0.1) is 0 Å². The zero-order chi connectivity index (χ0) is 18.7. The zero-order valence-corrected chi connectivity index (χ0v) is 14.8. The van der Waals surface area contributed by atoms with Gasteiger partial charge in [0.1, 0.15) is 17.2 Å². The van der Waals surface area contributed by atoms with E-state index >= 15 is 0 Å². The molecule has 1 N–H and O–H groups in total. The number of nitrogens with one attached hydrogen (secondary N) is 1. The standard InChI is InChI=1S/C19H20N2O5/c1-12-19(23)21(2)16-10-13(4-9-17(16)26-12)20-18(22)11-25-15-7-5-14(24-3)6-8-15/h4-10,12H,11H2,1-3H3,(H,20,22). The van der Waals surface area contributed by atoms with Crippen molar-refractivity contribution < 1.29 is 23.8 Å². The fraction of sp³-hybridized carbons (Fsp3) is 0.263. The first kappa shape index (κ1) is 17.6. The molecule has 0 aromatic heterocycles. The van der Waals surface area contributed by atoms with Gasteiger partial charge in [-0.25, -0.2) is 0 Å². The number of carbonyl (C=O) groups is 2. The first-order valence-electron chi connectivity index (χ1n) is 8.13. The maximum atomic E-state index is 12.1. The van der Waals surface area contributed by atoms with Gasteiger partial charge < -0.3 is 24.4 Å². The highest BCUT2D eigenvalue weighted by Gasteiger charge is 2.29. The Labute approximate surface area is 151 Å². The van der Waals surface area contributed by atoms with Crippen LogP contribution in [-0.4, -0.2) is 38.7 Å². The third-order valence-corrected chi connectivity index (χ3v) is 4.02. The molecule has 0 saturated heterocycles. The van der Waals surface area contributed by atoms with E-state index < -0.39 is 6.10 Å². The van der Waals surface area contributed by atoms with E-state index in [0.29, 0.717) is 28.6 Å². The molecule has 1 atom stereocenters. The van der Waals surface area contributed by atoms with Crippen LogP contribution in [0.4, 0.5) is 11.4 Å². The molecule has 7 nitrogen and oxygen atoms in total. The molecule has 136 valence electrons. The second kappa shape index (κ2) is 7.35. The number of fused-ring (bicyclic) bond motifs is 1. The summed E-state index contributed by atoms with van der Waals surface area (Å²) in [5, 5.41) is 2.75. The van der Waals surface area contributed by atoms with Crippen molar-refractivity contribution in [1.29, 1.82) is 0 Å². The summed E-state index contributed by atoms with van der Waals surface area (Å²) in [7, 11) is 3.26. The van der Waals surface area contributed by atoms with Gasteiger partial charge in [-0.2, -0.15) is 0 Å². The highest BCUT2D eigenvalue weighted by atomic mass is 16.5. The van der Waals surface area contributed by atoms with E-state index in [9.17, 15) is 9.59 Å². The van der Waals surface area contributed by atoms with Gasteiger partial charge in [0, 0.05) is 12.7 Å². The molecule has 1 heterocycles. The number of ether oxygens (including phenoxy) is 3. The van der Waals surface area contributed by atoms with Crippen LogP contribution in [-0.2, 0) is 9.59 Å². The number of hydrogen-bond donors (Lipinski definition) is 1. The number of rotatable bonds is 5. The van der Waals surface area contributed by atoms with Crippen LogP contribution in [0.5, 0.6) is 17.2 Å². The number of benzene rings is 2. The summed E-state index contributed by atoms with van der Waals surface area (Å²) in [6.45, 7) is 1.57. The van der Waals surface area contributed by atoms with Crippen molar-refractivity contribution in [2.45, 2.75) is 13.0 Å². The molecular formula is C19H20N2O5. The van der Waals surface area contributed by atoms with Crippen LogP contribution >= 0.6 is 0 Å². The number of methoxy groups -OCH3 is 1. The maximum Gasteiger partial charge on any atom is 0.267 e. The highest BCUT2D eigenvalue weighted by Crippen LogP contribution is 2.35. The molecule has 26 heavy (non-hydrogen) atoms. The van der Waals surface area contributed by atoms with E-state index in [-0.39, 0.29) is 18.4 Å². The van der Waals surface area contributed by atoms with Gasteiger partial charge in [0.05, 0.1) is 12.8 Å². The molecule has 3 rings (SSSR count). The lowest BCUT2D eigenvalue weighted by Gasteiger charge is -2.30. The number of carbonyl (C=O) groups excluding carboxylic acids is 2. The van der Waals surface area contributed by atoms with Crippen LogP contribution in [0.2, 0.25) is 0 Å². The van der Waals surface area contributed by atoms with E-state index in [2.05, 4.69) is 5.32 Å². The van der Waals surface area contributed by atoms with Crippen molar-refractivity contribution in [3.05, 3.63) is 42.5 Å². The minimum absolute atomic E-state index is 0.133. The quantitative estimate of drug-likeness (QED) is 0.890. The molecule has 7 heteroatoms. The van der Waals surface area contributed by atoms with E-state index in [1.165, 1.54) is 4.90 Å². The number of likely N-dealkylation sites (N-methyl/N-ethyl adjacent to an activating group) is 1. The van der Waals surface area contributed by atoms with Crippen molar-refractivity contribution in [2.24, 2.45) is 0 Å². The number of hydrogen-bond acceptors (Lipinski definition) is 5. The van der Waals surface area contributed by atoms with Gasteiger partial charge in [-0.05, 0) is 49.4 Å². The van der Waals surface area contributed by atoms with E-state index in [0.717, 1.165) is 0 Å². The Morgan fingerprint density at radius 2 is 1.88 bits per heavy atom. The summed E-state index contributed by atoms with van der Waals surface area (Å²) in [5.74, 6) is 1.45. The molecule has 0 fully saturated rings. The number of amides is 2. The molecule has 0 radical (unpaired) electrons. The Bertz CT molecular complexity index is 819. The molecule has 0 spiro atoms. The van der Waals surface area contributed by atoms with Crippen LogP contribution in [0, 0.1) is 0 Å². The lowest BCUT2D eigenvalue weighted by molar-refractivity contribution is -0.125. The predicted octanol–water partition coefficient (Wildman–Crippen LogP) is 2.46. The van der Waals surface area contributed by atoms with Crippen LogP contribution in [0.25, 0.3) is 0 Å². The lowest BCUT2D eigenvalue weighted by atomic mass is 10.2. The molecule has 1 unspecified atom stereocenters. The summed E-state index contributed by atoms with van der Waals surface area (Å²) in [4.78, 5) is 25.6. The fourth-order valence-electron chi connectivity index (χ4n) is 2.61. The maximum absolute atomic E-state index is 12.1. The van der Waals surface area contributed by atoms with Crippen molar-refractivity contribution in [3.63, 3.8) is 0 Å². The van der Waals surface area contributed by atoms with Crippen molar-refractivity contribution in [3.8, 4) is 17.2 Å². The monoisotopic (exact) mass is 356 g/mol. The summed E-state index contributed by atoms with van der Waals surface area (Å²) in [6, 6.07) is 12.1. The minimum Gasteiger partial charge on any atom is -0.497 e. The molecular weight excluding hydrogens is 336 g/mol. The molecule has 1 aliphatic rings. The SMILES string of the molecule is COc1ccc(OCC(=O)Nc2ccc3c(c2)N(C)C(=O)C(C)O3)cc1. The predicted molar refractivity (Wildman–Crippen MR) is 97.1 cm³/mol. The van der Waals surface area contributed by atoms with Crippen LogP contribution in [0.1, 0.15) is 6.92 Å². The van der Waals surface area contributed by atoms with Gasteiger partial charge in [-0.1, -0.05) is 0 Å². The van der Waals surface area contributed by atoms with Crippen molar-refractivity contribution in [2.75, 3.05) is 31.0 Å². The summed E-state index contributed by atoms with van der Waals surface area (Å²) >= 11 is 0. The first-order chi connectivity index (χ1) is 12.5. The van der Waals surface area contributed by atoms with Crippen LogP contribution in [0.15, 0.2) is 42.5 Å². The lowest BCUT2D eigenvalue weighted by Crippen LogP contribution is -2.42. The first-order valence-corrected chi connectivity index (χ1v) is 8.13. The third-order valence-electron chi connectivity index (χ3n) is 4.02. The number of nitrogens with zero attached hydrogens (tertiary/aromatic N) is 1. The fourth-order valence-corrected chi connectivity index (χ4v) is 2.61. The highest BCUT2D eigenvalue weighted by molar-refractivity contribution is 6.00. The molecule has 0 aliphatic carbocycles. The summed E-state index contributed by atoms with van der Waals surface area (Å²) in [6.07, 6.45) is -0.522. The van der Waals surface area contributed by atoms with E-state index in [1.54, 1.807) is 63.5 Å². The smallest absolute Gasteiger partial charge is 0.267 e. The Kier molecular flexibility index (Phi) is 4.97. The number of anilines is 2. The zero-order valence-electron chi connectivity index (χ0n) is 14.8. The summed E-state index contributed by atoms with van der Waals surface area (Å²) in [5.41, 5.74) is 1.17. The molecule has 2 aromatic carbocycles.